The van der Waals surface area contributed by atoms with Crippen molar-refractivity contribution >= 4 is 11.8 Å². The lowest BCUT2D eigenvalue weighted by Crippen LogP contribution is -2.39. The zero-order valence-corrected chi connectivity index (χ0v) is 15.7. The molecule has 138 valence electrons. The third-order valence-electron chi connectivity index (χ3n) is 3.72. The largest absolute Gasteiger partial charge is 0.488 e. The first-order chi connectivity index (χ1) is 12.3. The highest BCUT2D eigenvalue weighted by Gasteiger charge is 2.18. The molecule has 0 aromatic heterocycles. The molecular weight excluding hydrogens is 330 g/mol. The molecule has 0 saturated carbocycles. The van der Waals surface area contributed by atoms with Crippen molar-refractivity contribution in [3.63, 3.8) is 0 Å². The minimum atomic E-state index is -0.536. The Morgan fingerprint density at radius 1 is 1.04 bits per heavy atom. The normalized spacial score (nSPS) is 11.1. The van der Waals surface area contributed by atoms with E-state index in [4.69, 9.17) is 9.47 Å². The lowest BCUT2D eigenvalue weighted by atomic mass is 10.0. The highest BCUT2D eigenvalue weighted by atomic mass is 16.5. The fourth-order valence-electron chi connectivity index (χ4n) is 2.28. The van der Waals surface area contributed by atoms with Crippen LogP contribution in [0.1, 0.15) is 47.1 Å². The summed E-state index contributed by atoms with van der Waals surface area (Å²) in [7, 11) is 1.30. The van der Waals surface area contributed by atoms with Crippen molar-refractivity contribution in [1.29, 1.82) is 0 Å². The van der Waals surface area contributed by atoms with Crippen molar-refractivity contribution in [2.24, 2.45) is 0 Å². The summed E-state index contributed by atoms with van der Waals surface area (Å²) < 4.78 is 10.6. The lowest BCUT2D eigenvalue weighted by molar-refractivity contribution is 0.0595. The summed E-state index contributed by atoms with van der Waals surface area (Å²) in [6.45, 7) is 6.47. The van der Waals surface area contributed by atoms with Gasteiger partial charge in [-0.15, -0.1) is 0 Å². The summed E-state index contributed by atoms with van der Waals surface area (Å²) in [4.78, 5) is 24.5. The maximum absolute atomic E-state index is 12.4. The Morgan fingerprint density at radius 3 is 2.35 bits per heavy atom. The third kappa shape index (κ3) is 5.70. The van der Waals surface area contributed by atoms with Gasteiger partial charge in [0.1, 0.15) is 17.9 Å². The molecule has 2 aromatic rings. The zero-order chi connectivity index (χ0) is 19.2. The molecule has 2 rings (SSSR count). The monoisotopic (exact) mass is 355 g/mol. The molecule has 0 aliphatic rings. The van der Waals surface area contributed by atoms with Crippen molar-refractivity contribution in [3.8, 4) is 5.75 Å². The topological polar surface area (TPSA) is 64.6 Å². The minimum Gasteiger partial charge on any atom is -0.488 e. The number of nitrogens with one attached hydrogen (secondary N) is 1. The van der Waals surface area contributed by atoms with Gasteiger partial charge in [-0.25, -0.2) is 4.79 Å². The van der Waals surface area contributed by atoms with E-state index in [1.807, 2.05) is 51.1 Å². The fourth-order valence-corrected chi connectivity index (χ4v) is 2.28. The summed E-state index contributed by atoms with van der Waals surface area (Å²) in [5.41, 5.74) is 1.50. The van der Waals surface area contributed by atoms with Crippen LogP contribution in [0.2, 0.25) is 0 Å². The van der Waals surface area contributed by atoms with Gasteiger partial charge in [-0.2, -0.15) is 0 Å². The van der Waals surface area contributed by atoms with Crippen molar-refractivity contribution in [1.82, 2.24) is 5.32 Å². The number of carbonyl (C=O) groups is 2. The Balaban J connectivity index is 2.18. The Kier molecular flexibility index (Phi) is 6.52. The highest BCUT2D eigenvalue weighted by Crippen LogP contribution is 2.23. The number of esters is 1. The molecule has 0 saturated heterocycles. The summed E-state index contributed by atoms with van der Waals surface area (Å²) >= 11 is 0. The van der Waals surface area contributed by atoms with E-state index < -0.39 is 5.97 Å². The van der Waals surface area contributed by atoms with E-state index in [0.717, 1.165) is 5.56 Å². The molecule has 26 heavy (non-hydrogen) atoms. The van der Waals surface area contributed by atoms with Crippen LogP contribution in [0.5, 0.6) is 5.75 Å². The number of carbonyl (C=O) groups excluding carboxylic acids is 2. The molecule has 0 heterocycles. The van der Waals surface area contributed by atoms with Crippen LogP contribution in [0.4, 0.5) is 0 Å². The number of hydrogen-bond donors (Lipinski definition) is 1. The van der Waals surface area contributed by atoms with Crippen LogP contribution in [0.25, 0.3) is 0 Å². The van der Waals surface area contributed by atoms with Gasteiger partial charge in [0, 0.05) is 11.1 Å². The molecule has 0 aliphatic carbocycles. The predicted octanol–water partition coefficient (Wildman–Crippen LogP) is 3.62. The average molecular weight is 355 g/mol. The van der Waals surface area contributed by atoms with Gasteiger partial charge in [0.25, 0.3) is 0 Å². The maximum atomic E-state index is 12.4. The molecule has 0 spiro atoms. The Labute approximate surface area is 154 Å². The molecule has 0 bridgehead atoms. The summed E-state index contributed by atoms with van der Waals surface area (Å²) in [5.74, 6) is -0.243. The molecule has 0 aliphatic heterocycles. The number of ketones is 1. The summed E-state index contributed by atoms with van der Waals surface area (Å²) in [5, 5.41) is 3.15. The summed E-state index contributed by atoms with van der Waals surface area (Å²) in [6.07, 6.45) is 0. The zero-order valence-electron chi connectivity index (χ0n) is 15.7. The van der Waals surface area contributed by atoms with E-state index in [2.05, 4.69) is 5.32 Å². The van der Waals surface area contributed by atoms with Crippen molar-refractivity contribution in [2.75, 3.05) is 13.7 Å². The van der Waals surface area contributed by atoms with Gasteiger partial charge in [0.2, 0.25) is 0 Å². The van der Waals surface area contributed by atoms with E-state index in [9.17, 15) is 9.59 Å². The Hall–Kier alpha value is -2.66. The first kappa shape index (κ1) is 19.7. The van der Waals surface area contributed by atoms with Crippen LogP contribution in [0.3, 0.4) is 0 Å². The third-order valence-corrected chi connectivity index (χ3v) is 3.72. The van der Waals surface area contributed by atoms with Gasteiger partial charge in [-0.1, -0.05) is 30.3 Å². The van der Waals surface area contributed by atoms with E-state index in [1.165, 1.54) is 13.2 Å². The second-order valence-electron chi connectivity index (χ2n) is 7.00. The second-order valence-corrected chi connectivity index (χ2v) is 7.00. The molecule has 0 unspecified atom stereocenters. The summed E-state index contributed by atoms with van der Waals surface area (Å²) in [6, 6.07) is 14.5. The first-order valence-corrected chi connectivity index (χ1v) is 8.47. The van der Waals surface area contributed by atoms with E-state index >= 15 is 0 Å². The van der Waals surface area contributed by atoms with Gasteiger partial charge in [0.05, 0.1) is 13.7 Å². The van der Waals surface area contributed by atoms with Crippen molar-refractivity contribution in [2.45, 2.75) is 32.9 Å². The van der Waals surface area contributed by atoms with E-state index in [-0.39, 0.29) is 23.4 Å². The molecule has 0 atom stereocenters. The second kappa shape index (κ2) is 8.63. The van der Waals surface area contributed by atoms with E-state index in [1.54, 1.807) is 12.1 Å². The fraction of sp³-hybridized carbons (Fsp3) is 0.333. The smallest absolute Gasteiger partial charge is 0.341 e. The van der Waals surface area contributed by atoms with Gasteiger partial charge >= 0.3 is 5.97 Å². The quantitative estimate of drug-likeness (QED) is 0.607. The Morgan fingerprint density at radius 2 is 1.73 bits per heavy atom. The Bertz CT molecular complexity index is 763. The van der Waals surface area contributed by atoms with Gasteiger partial charge in [-0.05, 0) is 44.5 Å². The van der Waals surface area contributed by atoms with Crippen LogP contribution in [-0.4, -0.2) is 30.9 Å². The van der Waals surface area contributed by atoms with Crippen LogP contribution >= 0.6 is 0 Å². The maximum Gasteiger partial charge on any atom is 0.341 e. The molecule has 0 amide bonds. The standard InChI is InChI=1S/C21H25NO4/c1-21(2,3)22-13-18(23)16-10-11-19(17(12-16)20(24)25-4)26-14-15-8-6-5-7-9-15/h5-12,22H,13-14H2,1-4H3. The number of ether oxygens (including phenoxy) is 2. The van der Waals surface area contributed by atoms with Crippen LogP contribution in [0, 0.1) is 0 Å². The van der Waals surface area contributed by atoms with Crippen LogP contribution in [0.15, 0.2) is 48.5 Å². The molecule has 0 fully saturated rings. The van der Waals surface area contributed by atoms with Gasteiger partial charge in [-0.3, -0.25) is 4.79 Å². The SMILES string of the molecule is COC(=O)c1cc(C(=O)CNC(C)(C)C)ccc1OCc1ccccc1. The number of benzene rings is 2. The number of Topliss-reactive ketones (excluding diaryl/α,β-unsaturated/α-hetero) is 1. The van der Waals surface area contributed by atoms with Gasteiger partial charge in [0.15, 0.2) is 5.78 Å². The number of methoxy groups -OCH3 is 1. The van der Waals surface area contributed by atoms with Crippen LogP contribution in [-0.2, 0) is 11.3 Å². The average Bonchev–Trinajstić information content (AvgIpc) is 2.64. The van der Waals surface area contributed by atoms with Crippen LogP contribution < -0.4 is 10.1 Å². The molecule has 0 radical (unpaired) electrons. The van der Waals surface area contributed by atoms with Crippen molar-refractivity contribution in [3.05, 3.63) is 65.2 Å². The molecule has 1 N–H and O–H groups in total. The predicted molar refractivity (Wildman–Crippen MR) is 101 cm³/mol. The first-order valence-electron chi connectivity index (χ1n) is 8.47. The van der Waals surface area contributed by atoms with E-state index in [0.29, 0.717) is 17.9 Å². The lowest BCUT2D eigenvalue weighted by Gasteiger charge is -2.20. The molecular formula is C21H25NO4. The minimum absolute atomic E-state index is 0.0975. The molecule has 2 aromatic carbocycles. The van der Waals surface area contributed by atoms with Gasteiger partial charge < -0.3 is 14.8 Å². The molecule has 5 nitrogen and oxygen atoms in total. The highest BCUT2D eigenvalue weighted by molar-refractivity contribution is 6.01. The molecule has 5 heteroatoms. The number of hydrogen-bond acceptors (Lipinski definition) is 5. The number of rotatable bonds is 7. The van der Waals surface area contributed by atoms with Crippen molar-refractivity contribution < 1.29 is 19.1 Å².